The molecule has 44 heavy (non-hydrogen) atoms. The molecule has 236 valence electrons. The molecule has 9 heteroatoms. The van der Waals surface area contributed by atoms with Gasteiger partial charge in [-0.3, -0.25) is 9.59 Å². The summed E-state index contributed by atoms with van der Waals surface area (Å²) in [5.74, 6) is -1.29. The topological polar surface area (TPSA) is 118 Å². The molecule has 2 fully saturated rings. The number of rotatable bonds is 6. The summed E-state index contributed by atoms with van der Waals surface area (Å²) in [5, 5.41) is 11.8. The van der Waals surface area contributed by atoms with Crippen molar-refractivity contribution < 1.29 is 43.2 Å². The van der Waals surface area contributed by atoms with Crippen molar-refractivity contribution in [3.63, 3.8) is 0 Å². The van der Waals surface area contributed by atoms with E-state index in [9.17, 15) is 19.5 Å². The van der Waals surface area contributed by atoms with E-state index >= 15 is 0 Å². The largest absolute Gasteiger partial charge is 0.507 e. The number of aromatic hydroxyl groups is 1. The Hall–Kier alpha value is -3.43. The lowest BCUT2D eigenvalue weighted by atomic mass is 9.49. The smallest absolute Gasteiger partial charge is 0.333 e. The first kappa shape index (κ1) is 30.6. The molecule has 1 saturated carbocycles. The summed E-state index contributed by atoms with van der Waals surface area (Å²) >= 11 is 0. The first-order valence-electron chi connectivity index (χ1n) is 15.2. The van der Waals surface area contributed by atoms with Crippen LogP contribution in [-0.4, -0.2) is 65.4 Å². The average molecular weight is 607 g/mol. The van der Waals surface area contributed by atoms with Crippen molar-refractivity contribution >= 4 is 17.5 Å². The van der Waals surface area contributed by atoms with Gasteiger partial charge in [0, 0.05) is 47.1 Å². The number of carbonyl (C=O) groups excluding carboxylic acids is 3. The van der Waals surface area contributed by atoms with Gasteiger partial charge in [-0.1, -0.05) is 31.6 Å². The maximum Gasteiger partial charge on any atom is 0.333 e. The standard InChI is InChI=1S/C35H42O9/c1-17(2)11-12-20-25(36)23-26(37)21-15-33(41-10)16-22-32(7,8)44-34(30(33)39,14-13-18(3)29(38)40-9)35(21,22)43-28(23)24-27(20)42-19(4)31(24,5)6/h11,13,15,19,22,36H,12,14,16H2,1-10H3/b18-13+/t19-,22+,33+,34+,35-/m0/s1. The number of hydrogen-bond donors (Lipinski definition) is 1. The summed E-state index contributed by atoms with van der Waals surface area (Å²) in [5.41, 5.74) is -3.38. The lowest BCUT2D eigenvalue weighted by Gasteiger charge is -2.59. The molecule has 7 rings (SSSR count). The van der Waals surface area contributed by atoms with Crippen molar-refractivity contribution in [1.29, 1.82) is 0 Å². The zero-order valence-corrected chi connectivity index (χ0v) is 27.2. The number of esters is 1. The number of allylic oxidation sites excluding steroid dienone is 2. The molecule has 1 saturated heterocycles. The van der Waals surface area contributed by atoms with E-state index in [1.807, 2.05) is 54.5 Å². The fourth-order valence-electron chi connectivity index (χ4n) is 8.18. The van der Waals surface area contributed by atoms with E-state index in [1.54, 1.807) is 19.1 Å². The number of carbonyl (C=O) groups is 3. The van der Waals surface area contributed by atoms with Crippen molar-refractivity contribution in [1.82, 2.24) is 0 Å². The highest BCUT2D eigenvalue weighted by Crippen LogP contribution is 2.70. The van der Waals surface area contributed by atoms with Gasteiger partial charge in [0.1, 0.15) is 34.5 Å². The molecule has 1 spiro atoms. The van der Waals surface area contributed by atoms with Crippen LogP contribution in [0.25, 0.3) is 0 Å². The van der Waals surface area contributed by atoms with E-state index < -0.39 is 45.5 Å². The van der Waals surface area contributed by atoms with Gasteiger partial charge in [-0.15, -0.1) is 0 Å². The van der Waals surface area contributed by atoms with E-state index in [2.05, 4.69) is 0 Å². The van der Waals surface area contributed by atoms with Crippen LogP contribution in [-0.2, 0) is 35.6 Å². The minimum absolute atomic E-state index is 0.0547. The van der Waals surface area contributed by atoms with Crippen LogP contribution < -0.4 is 9.47 Å². The average Bonchev–Trinajstić information content (AvgIpc) is 3.29. The predicted molar refractivity (Wildman–Crippen MR) is 161 cm³/mol. The lowest BCUT2D eigenvalue weighted by molar-refractivity contribution is -0.190. The van der Waals surface area contributed by atoms with Crippen LogP contribution in [0.15, 0.2) is 34.9 Å². The summed E-state index contributed by atoms with van der Waals surface area (Å²) in [6, 6.07) is 0. The monoisotopic (exact) mass is 606 g/mol. The Morgan fingerprint density at radius 2 is 1.77 bits per heavy atom. The van der Waals surface area contributed by atoms with Crippen molar-refractivity contribution in [2.24, 2.45) is 5.92 Å². The van der Waals surface area contributed by atoms with Crippen LogP contribution in [0.1, 0.15) is 89.7 Å². The van der Waals surface area contributed by atoms with Crippen molar-refractivity contribution in [2.75, 3.05) is 14.2 Å². The maximum absolute atomic E-state index is 14.9. The molecule has 3 aliphatic carbocycles. The summed E-state index contributed by atoms with van der Waals surface area (Å²) in [6.07, 6.45) is 5.45. The fraction of sp³-hybridized carbons (Fsp3) is 0.571. The second kappa shape index (κ2) is 9.30. The van der Waals surface area contributed by atoms with Gasteiger partial charge in [0.15, 0.2) is 17.0 Å². The molecule has 9 nitrogen and oxygen atoms in total. The number of ketones is 2. The summed E-state index contributed by atoms with van der Waals surface area (Å²) < 4.78 is 31.3. The zero-order chi connectivity index (χ0) is 32.4. The van der Waals surface area contributed by atoms with Crippen LogP contribution in [0.3, 0.4) is 0 Å². The SMILES string of the molecule is COC(=O)/C(C)=C/C[C@]12OC(C)(C)[C@H]3C[C@](OC)(C=C4C(=O)c5c(O)c(CC=C(C)C)c6c(c5O[C@@]431)C(C)(C)[C@H](C)O6)C2=O. The Kier molecular flexibility index (Phi) is 6.46. The highest BCUT2D eigenvalue weighted by Gasteiger charge is 2.84. The number of benzene rings is 1. The predicted octanol–water partition coefficient (Wildman–Crippen LogP) is 5.24. The second-order valence-electron chi connectivity index (χ2n) is 14.2. The Bertz CT molecular complexity index is 1620. The number of ether oxygens (including phenoxy) is 5. The van der Waals surface area contributed by atoms with Gasteiger partial charge in [0.05, 0.1) is 12.7 Å². The molecule has 0 aromatic heterocycles. The van der Waals surface area contributed by atoms with Gasteiger partial charge >= 0.3 is 5.97 Å². The minimum atomic E-state index is -1.71. The first-order chi connectivity index (χ1) is 20.5. The van der Waals surface area contributed by atoms with E-state index in [0.29, 0.717) is 28.9 Å². The third kappa shape index (κ3) is 3.51. The molecular weight excluding hydrogens is 564 g/mol. The van der Waals surface area contributed by atoms with Crippen molar-refractivity contribution in [3.05, 3.63) is 51.6 Å². The third-order valence-corrected chi connectivity index (χ3v) is 10.9. The molecule has 1 aromatic carbocycles. The molecule has 3 heterocycles. The van der Waals surface area contributed by atoms with E-state index in [4.69, 9.17) is 23.7 Å². The van der Waals surface area contributed by atoms with Crippen LogP contribution >= 0.6 is 0 Å². The third-order valence-electron chi connectivity index (χ3n) is 10.9. The number of fused-ring (bicyclic) bond motifs is 3. The van der Waals surface area contributed by atoms with Gasteiger partial charge in [-0.05, 0) is 60.5 Å². The molecule has 4 bridgehead atoms. The Morgan fingerprint density at radius 3 is 2.39 bits per heavy atom. The minimum Gasteiger partial charge on any atom is -0.507 e. The van der Waals surface area contributed by atoms with Crippen molar-refractivity contribution in [3.8, 4) is 17.2 Å². The number of methoxy groups -OCH3 is 2. The molecule has 3 aliphatic heterocycles. The molecule has 1 N–H and O–H groups in total. The Labute approximate surface area is 258 Å². The van der Waals surface area contributed by atoms with E-state index in [-0.39, 0.29) is 47.4 Å². The number of Topliss-reactive ketones (excluding diaryl/α,β-unsaturated/α-hetero) is 2. The molecule has 1 aromatic rings. The fourth-order valence-corrected chi connectivity index (χ4v) is 8.18. The maximum atomic E-state index is 14.9. The van der Waals surface area contributed by atoms with Crippen LogP contribution in [0.2, 0.25) is 0 Å². The molecule has 5 atom stereocenters. The van der Waals surface area contributed by atoms with Crippen LogP contribution in [0.4, 0.5) is 0 Å². The normalized spacial score (nSPS) is 33.5. The Morgan fingerprint density at radius 1 is 1.09 bits per heavy atom. The quantitative estimate of drug-likeness (QED) is 0.263. The molecule has 6 aliphatic rings. The highest BCUT2D eigenvalue weighted by atomic mass is 16.6. The molecule has 0 unspecified atom stereocenters. The summed E-state index contributed by atoms with van der Waals surface area (Å²) in [6.45, 7) is 15.3. The summed E-state index contributed by atoms with van der Waals surface area (Å²) in [7, 11) is 2.74. The van der Waals surface area contributed by atoms with Gasteiger partial charge in [0.2, 0.25) is 5.78 Å². The highest BCUT2D eigenvalue weighted by molar-refractivity contribution is 6.20. The second-order valence-corrected chi connectivity index (χ2v) is 14.2. The number of phenolic OH excluding ortho intramolecular Hbond substituents is 1. The molecular formula is C35H42O9. The van der Waals surface area contributed by atoms with Crippen molar-refractivity contribution in [2.45, 2.75) is 109 Å². The lowest BCUT2D eigenvalue weighted by Crippen LogP contribution is -2.77. The van der Waals surface area contributed by atoms with Gasteiger partial charge in [0.25, 0.3) is 0 Å². The van der Waals surface area contributed by atoms with E-state index in [1.165, 1.54) is 14.2 Å². The van der Waals surface area contributed by atoms with Crippen LogP contribution in [0, 0.1) is 5.92 Å². The van der Waals surface area contributed by atoms with Crippen LogP contribution in [0.5, 0.6) is 17.2 Å². The number of phenols is 1. The van der Waals surface area contributed by atoms with Gasteiger partial charge in [-0.2, -0.15) is 0 Å². The Balaban J connectivity index is 1.68. The van der Waals surface area contributed by atoms with Gasteiger partial charge in [-0.25, -0.2) is 4.79 Å². The molecule has 0 radical (unpaired) electrons. The zero-order valence-electron chi connectivity index (χ0n) is 27.2. The number of hydrogen-bond acceptors (Lipinski definition) is 9. The summed E-state index contributed by atoms with van der Waals surface area (Å²) in [4.78, 5) is 42.0. The van der Waals surface area contributed by atoms with E-state index in [0.717, 1.165) is 5.57 Å². The van der Waals surface area contributed by atoms with Gasteiger partial charge < -0.3 is 28.8 Å². The molecule has 0 amide bonds. The first-order valence-corrected chi connectivity index (χ1v) is 15.2.